The van der Waals surface area contributed by atoms with Gasteiger partial charge in [0.1, 0.15) is 17.7 Å². The number of benzene rings is 1. The van der Waals surface area contributed by atoms with Gasteiger partial charge < -0.3 is 9.64 Å². The normalized spacial score (nSPS) is 19.7. The van der Waals surface area contributed by atoms with Gasteiger partial charge in [0.2, 0.25) is 0 Å². The van der Waals surface area contributed by atoms with Crippen LogP contribution in [-0.2, 0) is 17.8 Å². The van der Waals surface area contributed by atoms with Gasteiger partial charge in [-0.25, -0.2) is 9.37 Å². The molecule has 1 aromatic carbocycles. The van der Waals surface area contributed by atoms with Crippen molar-refractivity contribution in [1.29, 1.82) is 5.26 Å². The Morgan fingerprint density at radius 1 is 1.17 bits per heavy atom. The summed E-state index contributed by atoms with van der Waals surface area (Å²) in [6.07, 6.45) is 1.83. The number of alkyl halides is 1. The molecule has 8 nitrogen and oxygen atoms in total. The molecule has 36 heavy (non-hydrogen) atoms. The molecule has 3 aliphatic rings. The third-order valence-electron chi connectivity index (χ3n) is 7.40. The zero-order valence-electron chi connectivity index (χ0n) is 20.1. The lowest BCUT2D eigenvalue weighted by atomic mass is 9.95. The molecule has 2 fully saturated rings. The standard InChI is InChI=1S/C26H27ClFN7O/c1-17-19(11-29)2-5-23(30-17)34-8-6-18(7-9-34)25-32-31-24-13-33(14-26(28)15-36-16-26)12-20-10-21(27)3-4-22(20)35(24)25/h2-5,10,18H,6-9,12-16H2,1H3. The van der Waals surface area contributed by atoms with Gasteiger partial charge in [0, 0.05) is 37.1 Å². The molecule has 0 bridgehead atoms. The molecule has 186 valence electrons. The summed E-state index contributed by atoms with van der Waals surface area (Å²) in [4.78, 5) is 8.98. The number of aryl methyl sites for hydroxylation is 1. The first-order chi connectivity index (χ1) is 17.4. The van der Waals surface area contributed by atoms with Gasteiger partial charge in [0.25, 0.3) is 0 Å². The lowest BCUT2D eigenvalue weighted by Gasteiger charge is -2.37. The number of hydrogen-bond acceptors (Lipinski definition) is 7. The second-order valence-electron chi connectivity index (χ2n) is 10.0. The Labute approximate surface area is 214 Å². The van der Waals surface area contributed by atoms with Crippen molar-refractivity contribution in [3.63, 3.8) is 0 Å². The molecule has 0 amide bonds. The van der Waals surface area contributed by atoms with Crippen molar-refractivity contribution in [2.75, 3.05) is 37.7 Å². The molecular formula is C26H27ClFN7O. The molecular weight excluding hydrogens is 481 g/mol. The van der Waals surface area contributed by atoms with Crippen LogP contribution >= 0.6 is 11.6 Å². The fourth-order valence-corrected chi connectivity index (χ4v) is 5.69. The summed E-state index contributed by atoms with van der Waals surface area (Å²) in [6.45, 7) is 5.22. The van der Waals surface area contributed by atoms with E-state index in [1.54, 1.807) is 0 Å². The summed E-state index contributed by atoms with van der Waals surface area (Å²) >= 11 is 6.36. The van der Waals surface area contributed by atoms with Crippen LogP contribution in [0.2, 0.25) is 5.02 Å². The molecule has 2 aromatic heterocycles. The maximum Gasteiger partial charge on any atom is 0.169 e. The smallest absolute Gasteiger partial charge is 0.169 e. The number of ether oxygens (including phenoxy) is 1. The number of pyridine rings is 1. The van der Waals surface area contributed by atoms with Crippen molar-refractivity contribution in [3.8, 4) is 11.8 Å². The summed E-state index contributed by atoms with van der Waals surface area (Å²) in [5, 5.41) is 19.1. The average Bonchev–Trinajstić information content (AvgIpc) is 3.19. The highest BCUT2D eigenvalue weighted by Crippen LogP contribution is 2.35. The minimum atomic E-state index is -1.32. The van der Waals surface area contributed by atoms with Crippen LogP contribution in [0.4, 0.5) is 10.2 Å². The van der Waals surface area contributed by atoms with E-state index >= 15 is 0 Å². The largest absolute Gasteiger partial charge is 0.375 e. The minimum Gasteiger partial charge on any atom is -0.375 e. The second-order valence-corrected chi connectivity index (χ2v) is 10.5. The van der Waals surface area contributed by atoms with Gasteiger partial charge in [-0.2, -0.15) is 5.26 Å². The molecule has 3 aliphatic heterocycles. The summed E-state index contributed by atoms with van der Waals surface area (Å²) in [5.41, 5.74) is 2.10. The zero-order chi connectivity index (χ0) is 24.9. The minimum absolute atomic E-state index is 0.135. The molecule has 0 unspecified atom stereocenters. The number of halogens is 2. The highest BCUT2D eigenvalue weighted by Gasteiger charge is 2.41. The van der Waals surface area contributed by atoms with E-state index in [1.165, 1.54) is 0 Å². The number of piperidine rings is 1. The van der Waals surface area contributed by atoms with E-state index in [0.717, 1.165) is 60.3 Å². The fourth-order valence-electron chi connectivity index (χ4n) is 5.49. The van der Waals surface area contributed by atoms with Crippen molar-refractivity contribution in [2.24, 2.45) is 0 Å². The number of nitrogens with zero attached hydrogens (tertiary/aromatic N) is 7. The Balaban J connectivity index is 1.26. The summed E-state index contributed by atoms with van der Waals surface area (Å²) in [6, 6.07) is 11.8. The molecule has 0 spiro atoms. The van der Waals surface area contributed by atoms with Crippen LogP contribution in [0.5, 0.6) is 0 Å². The van der Waals surface area contributed by atoms with Crippen molar-refractivity contribution in [2.45, 2.75) is 44.4 Å². The Bertz CT molecular complexity index is 1340. The highest BCUT2D eigenvalue weighted by molar-refractivity contribution is 6.30. The van der Waals surface area contributed by atoms with Crippen molar-refractivity contribution < 1.29 is 9.13 Å². The molecule has 6 rings (SSSR count). The lowest BCUT2D eigenvalue weighted by molar-refractivity contribution is -0.142. The van der Waals surface area contributed by atoms with Gasteiger partial charge in [0.05, 0.1) is 36.7 Å². The van der Waals surface area contributed by atoms with Crippen molar-refractivity contribution in [3.05, 3.63) is 63.8 Å². The van der Waals surface area contributed by atoms with Crippen molar-refractivity contribution in [1.82, 2.24) is 24.6 Å². The number of anilines is 1. The van der Waals surface area contributed by atoms with E-state index in [4.69, 9.17) is 16.3 Å². The number of nitriles is 1. The maximum absolute atomic E-state index is 14.9. The summed E-state index contributed by atoms with van der Waals surface area (Å²) in [5.74, 6) is 2.91. The Morgan fingerprint density at radius 3 is 2.67 bits per heavy atom. The van der Waals surface area contributed by atoms with Crippen molar-refractivity contribution >= 4 is 17.4 Å². The molecule has 3 aromatic rings. The zero-order valence-corrected chi connectivity index (χ0v) is 20.9. The van der Waals surface area contributed by atoms with Crippen LogP contribution < -0.4 is 4.90 Å². The van der Waals surface area contributed by atoms with E-state index in [-0.39, 0.29) is 25.7 Å². The second kappa shape index (κ2) is 9.11. The third-order valence-corrected chi connectivity index (χ3v) is 7.64. The number of fused-ring (bicyclic) bond motifs is 3. The van der Waals surface area contributed by atoms with Gasteiger partial charge in [0.15, 0.2) is 11.5 Å². The molecule has 0 aliphatic carbocycles. The van der Waals surface area contributed by atoms with E-state index in [1.807, 2.05) is 37.3 Å². The van der Waals surface area contributed by atoms with Gasteiger partial charge in [-0.05, 0) is 55.7 Å². The predicted molar refractivity (Wildman–Crippen MR) is 133 cm³/mol. The summed E-state index contributed by atoms with van der Waals surface area (Å²) in [7, 11) is 0. The molecule has 0 saturated carbocycles. The van der Waals surface area contributed by atoms with Gasteiger partial charge >= 0.3 is 0 Å². The lowest BCUT2D eigenvalue weighted by Crippen LogP contribution is -2.53. The first kappa shape index (κ1) is 23.3. The molecule has 0 N–H and O–H groups in total. The molecule has 0 radical (unpaired) electrons. The van der Waals surface area contributed by atoms with Crippen LogP contribution in [-0.4, -0.2) is 63.2 Å². The average molecular weight is 508 g/mol. The Hall–Kier alpha value is -3.06. The fraction of sp³-hybridized carbons (Fsp3) is 0.462. The first-order valence-corrected chi connectivity index (χ1v) is 12.6. The van der Waals surface area contributed by atoms with Crippen LogP contribution in [0.3, 0.4) is 0 Å². The predicted octanol–water partition coefficient (Wildman–Crippen LogP) is 3.93. The molecule has 2 saturated heterocycles. The van der Waals surface area contributed by atoms with E-state index in [2.05, 4.69) is 35.6 Å². The molecule has 0 atom stereocenters. The third kappa shape index (κ3) is 4.23. The van der Waals surface area contributed by atoms with Crippen LogP contribution in [0, 0.1) is 18.3 Å². The highest BCUT2D eigenvalue weighted by atomic mass is 35.5. The van der Waals surface area contributed by atoms with E-state index < -0.39 is 5.67 Å². The monoisotopic (exact) mass is 507 g/mol. The molecule has 10 heteroatoms. The molecule has 5 heterocycles. The van der Waals surface area contributed by atoms with Gasteiger partial charge in [-0.15, -0.1) is 10.2 Å². The quantitative estimate of drug-likeness (QED) is 0.529. The number of aromatic nitrogens is 4. The summed E-state index contributed by atoms with van der Waals surface area (Å²) < 4.78 is 22.2. The Morgan fingerprint density at radius 2 is 1.97 bits per heavy atom. The topological polar surface area (TPSA) is 83.1 Å². The maximum atomic E-state index is 14.9. The van der Waals surface area contributed by atoms with E-state index in [9.17, 15) is 9.65 Å². The number of hydrogen-bond donors (Lipinski definition) is 0. The van der Waals surface area contributed by atoms with Crippen LogP contribution in [0.1, 0.15) is 47.2 Å². The Kier molecular flexibility index (Phi) is 5.91. The van der Waals surface area contributed by atoms with Crippen LogP contribution in [0.25, 0.3) is 5.69 Å². The van der Waals surface area contributed by atoms with Gasteiger partial charge in [-0.1, -0.05) is 11.6 Å². The van der Waals surface area contributed by atoms with Gasteiger partial charge in [-0.3, -0.25) is 9.47 Å². The van der Waals surface area contributed by atoms with E-state index in [0.29, 0.717) is 23.7 Å². The van der Waals surface area contributed by atoms with Crippen LogP contribution in [0.15, 0.2) is 30.3 Å². The first-order valence-electron chi connectivity index (χ1n) is 12.3. The SMILES string of the molecule is Cc1nc(N2CCC(c3nnc4n3-c3ccc(Cl)cc3CN(CC3(F)COC3)C4)CC2)ccc1C#N. The number of rotatable bonds is 4.